The predicted octanol–water partition coefficient (Wildman–Crippen LogP) is 1.83. The van der Waals surface area contributed by atoms with Crippen LogP contribution in [0.5, 0.6) is 5.88 Å². The maximum Gasteiger partial charge on any atom is 0.347 e. The van der Waals surface area contributed by atoms with E-state index in [4.69, 9.17) is 4.74 Å². The van der Waals surface area contributed by atoms with Crippen molar-refractivity contribution in [2.24, 2.45) is 7.05 Å². The lowest BCUT2D eigenvalue weighted by Crippen LogP contribution is -2.46. The molecule has 152 valence electrons. The molecule has 8 heteroatoms. The maximum absolute atomic E-state index is 11.7. The zero-order valence-electron chi connectivity index (χ0n) is 17.1. The molecule has 0 bridgehead atoms. The second-order valence-electron chi connectivity index (χ2n) is 7.59. The molecule has 1 aromatic carbocycles. The molecule has 2 aromatic heterocycles. The monoisotopic (exact) mass is 394 g/mol. The van der Waals surface area contributed by atoms with E-state index in [0.717, 1.165) is 55.0 Å². The smallest absolute Gasteiger partial charge is 0.347 e. The molecule has 3 heterocycles. The lowest BCUT2D eigenvalue weighted by Gasteiger charge is -2.36. The van der Waals surface area contributed by atoms with Crippen LogP contribution in [-0.2, 0) is 13.6 Å². The third-order valence-electron chi connectivity index (χ3n) is 5.22. The van der Waals surface area contributed by atoms with E-state index < -0.39 is 0 Å². The molecular formula is C21H26N6O2. The Morgan fingerprint density at radius 2 is 1.86 bits per heavy atom. The number of rotatable bonds is 5. The summed E-state index contributed by atoms with van der Waals surface area (Å²) >= 11 is 0. The van der Waals surface area contributed by atoms with Crippen LogP contribution in [0.2, 0.25) is 0 Å². The molecule has 4 rings (SSSR count). The van der Waals surface area contributed by atoms with Crippen molar-refractivity contribution in [1.82, 2.24) is 24.4 Å². The van der Waals surface area contributed by atoms with Gasteiger partial charge in [-0.1, -0.05) is 0 Å². The van der Waals surface area contributed by atoms with Crippen molar-refractivity contribution < 1.29 is 4.74 Å². The van der Waals surface area contributed by atoms with E-state index in [0.29, 0.717) is 5.88 Å². The lowest BCUT2D eigenvalue weighted by molar-refractivity contribution is 0.235. The fraction of sp³-hybridized carbons (Fsp3) is 0.429. The molecule has 3 aromatic rings. The van der Waals surface area contributed by atoms with Gasteiger partial charge in [0.15, 0.2) is 0 Å². The van der Waals surface area contributed by atoms with Gasteiger partial charge in [-0.3, -0.25) is 9.47 Å². The van der Waals surface area contributed by atoms with Gasteiger partial charge >= 0.3 is 5.69 Å². The highest BCUT2D eigenvalue weighted by Gasteiger charge is 2.19. The third-order valence-corrected chi connectivity index (χ3v) is 5.22. The third kappa shape index (κ3) is 4.22. The first-order valence-electron chi connectivity index (χ1n) is 9.91. The number of anilines is 1. The number of nitrogens with zero attached hydrogens (tertiary/aromatic N) is 6. The highest BCUT2D eigenvalue weighted by atomic mass is 16.5. The summed E-state index contributed by atoms with van der Waals surface area (Å²) in [5.74, 6) is 0.629. The van der Waals surface area contributed by atoms with Crippen LogP contribution in [0.25, 0.3) is 10.9 Å². The van der Waals surface area contributed by atoms with Crippen LogP contribution in [0.4, 0.5) is 5.69 Å². The Balaban J connectivity index is 1.47. The normalized spacial score (nSPS) is 15.2. The van der Waals surface area contributed by atoms with Gasteiger partial charge < -0.3 is 9.64 Å². The molecule has 0 amide bonds. The molecule has 0 spiro atoms. The van der Waals surface area contributed by atoms with Gasteiger partial charge in [0.05, 0.1) is 17.0 Å². The average Bonchev–Trinajstić information content (AvgIpc) is 2.72. The topological polar surface area (TPSA) is 76.4 Å². The average molecular weight is 394 g/mol. The SMILES string of the molecule is CC(C)Oc1ncnc2ccc(N3CCN(Cc4ccnc(=O)n4C)CC3)cc12. The lowest BCUT2D eigenvalue weighted by atomic mass is 10.2. The van der Waals surface area contributed by atoms with Gasteiger partial charge in [-0.25, -0.2) is 19.7 Å². The Kier molecular flexibility index (Phi) is 5.44. The Labute approximate surface area is 169 Å². The summed E-state index contributed by atoms with van der Waals surface area (Å²) in [6, 6.07) is 8.16. The maximum atomic E-state index is 11.7. The molecule has 29 heavy (non-hydrogen) atoms. The van der Waals surface area contributed by atoms with Crippen LogP contribution in [0, 0.1) is 0 Å². The molecule has 0 saturated carbocycles. The van der Waals surface area contributed by atoms with E-state index in [1.807, 2.05) is 26.0 Å². The Morgan fingerprint density at radius 1 is 1.07 bits per heavy atom. The van der Waals surface area contributed by atoms with Gasteiger partial charge in [-0.05, 0) is 38.1 Å². The van der Waals surface area contributed by atoms with Crippen molar-refractivity contribution in [1.29, 1.82) is 0 Å². The standard InChI is InChI=1S/C21H26N6O2/c1-15(2)29-20-18-12-16(4-5-19(18)23-14-24-20)27-10-8-26(9-11-27)13-17-6-7-22-21(28)25(17)3/h4-7,12,14-15H,8-11,13H2,1-3H3. The van der Waals surface area contributed by atoms with E-state index in [2.05, 4.69) is 36.9 Å². The molecule has 0 radical (unpaired) electrons. The number of hydrogen-bond acceptors (Lipinski definition) is 7. The number of piperazine rings is 1. The van der Waals surface area contributed by atoms with E-state index >= 15 is 0 Å². The summed E-state index contributed by atoms with van der Waals surface area (Å²) < 4.78 is 7.48. The van der Waals surface area contributed by atoms with Crippen LogP contribution in [-0.4, -0.2) is 56.7 Å². The zero-order chi connectivity index (χ0) is 20.4. The Hall–Kier alpha value is -3.00. The molecule has 0 unspecified atom stereocenters. The van der Waals surface area contributed by atoms with Crippen LogP contribution in [0.1, 0.15) is 19.5 Å². The van der Waals surface area contributed by atoms with Crippen molar-refractivity contribution in [2.45, 2.75) is 26.5 Å². The minimum absolute atomic E-state index is 0.0597. The molecule has 0 N–H and O–H groups in total. The molecular weight excluding hydrogens is 368 g/mol. The number of benzene rings is 1. The van der Waals surface area contributed by atoms with E-state index in [1.54, 1.807) is 24.1 Å². The van der Waals surface area contributed by atoms with Crippen LogP contribution in [0.3, 0.4) is 0 Å². The second-order valence-corrected chi connectivity index (χ2v) is 7.59. The van der Waals surface area contributed by atoms with Crippen LogP contribution >= 0.6 is 0 Å². The van der Waals surface area contributed by atoms with Gasteiger partial charge in [0, 0.05) is 57.3 Å². The molecule has 0 aliphatic carbocycles. The summed E-state index contributed by atoms with van der Waals surface area (Å²) in [6.07, 6.45) is 3.19. The van der Waals surface area contributed by atoms with Gasteiger partial charge in [0.2, 0.25) is 5.88 Å². The van der Waals surface area contributed by atoms with Crippen molar-refractivity contribution >= 4 is 16.6 Å². The minimum atomic E-state index is -0.209. The van der Waals surface area contributed by atoms with Crippen molar-refractivity contribution in [3.63, 3.8) is 0 Å². The van der Waals surface area contributed by atoms with Gasteiger partial charge in [0.25, 0.3) is 0 Å². The number of aromatic nitrogens is 4. The van der Waals surface area contributed by atoms with E-state index in [-0.39, 0.29) is 11.8 Å². The summed E-state index contributed by atoms with van der Waals surface area (Å²) in [4.78, 5) is 28.9. The summed E-state index contributed by atoms with van der Waals surface area (Å²) in [5.41, 5.74) is 2.81. The molecule has 8 nitrogen and oxygen atoms in total. The fourth-order valence-electron chi connectivity index (χ4n) is 3.60. The zero-order valence-corrected chi connectivity index (χ0v) is 17.1. The highest BCUT2D eigenvalue weighted by molar-refractivity contribution is 5.86. The number of hydrogen-bond donors (Lipinski definition) is 0. The Morgan fingerprint density at radius 3 is 2.62 bits per heavy atom. The highest BCUT2D eigenvalue weighted by Crippen LogP contribution is 2.28. The molecule has 1 aliphatic heterocycles. The summed E-state index contributed by atoms with van der Waals surface area (Å²) in [6.45, 7) is 8.42. The first-order chi connectivity index (χ1) is 14.0. The molecule has 1 saturated heterocycles. The fourth-order valence-corrected chi connectivity index (χ4v) is 3.60. The first kappa shape index (κ1) is 19.3. The first-order valence-corrected chi connectivity index (χ1v) is 9.91. The van der Waals surface area contributed by atoms with Gasteiger partial charge in [0.1, 0.15) is 6.33 Å². The minimum Gasteiger partial charge on any atom is -0.474 e. The second kappa shape index (κ2) is 8.16. The Bertz CT molecular complexity index is 1060. The van der Waals surface area contributed by atoms with Crippen molar-refractivity contribution in [3.8, 4) is 5.88 Å². The summed E-state index contributed by atoms with van der Waals surface area (Å²) in [5, 5.41) is 0.938. The predicted molar refractivity (Wildman–Crippen MR) is 112 cm³/mol. The van der Waals surface area contributed by atoms with Gasteiger partial charge in [-0.15, -0.1) is 0 Å². The number of fused-ring (bicyclic) bond motifs is 1. The van der Waals surface area contributed by atoms with E-state index in [1.165, 1.54) is 0 Å². The van der Waals surface area contributed by atoms with Crippen LogP contribution < -0.4 is 15.3 Å². The quantitative estimate of drug-likeness (QED) is 0.653. The summed E-state index contributed by atoms with van der Waals surface area (Å²) in [7, 11) is 1.77. The molecule has 1 fully saturated rings. The number of ether oxygens (including phenoxy) is 1. The van der Waals surface area contributed by atoms with E-state index in [9.17, 15) is 4.79 Å². The van der Waals surface area contributed by atoms with Crippen molar-refractivity contribution in [2.75, 3.05) is 31.1 Å². The van der Waals surface area contributed by atoms with Crippen LogP contribution in [0.15, 0.2) is 41.6 Å². The molecule has 0 atom stereocenters. The molecule has 1 aliphatic rings. The van der Waals surface area contributed by atoms with Gasteiger partial charge in [-0.2, -0.15) is 0 Å². The largest absolute Gasteiger partial charge is 0.474 e. The van der Waals surface area contributed by atoms with Crippen molar-refractivity contribution in [3.05, 3.63) is 53.0 Å².